The van der Waals surface area contributed by atoms with Crippen LogP contribution in [-0.4, -0.2) is 26.4 Å². The summed E-state index contributed by atoms with van der Waals surface area (Å²) in [6, 6.07) is 7.43. The first-order chi connectivity index (χ1) is 9.31. The molecule has 0 aliphatic heterocycles. The predicted molar refractivity (Wildman–Crippen MR) is 75.6 cm³/mol. The number of methoxy groups -OCH3 is 2. The summed E-state index contributed by atoms with van der Waals surface area (Å²) in [7, 11) is 3.56. The molecule has 0 amide bonds. The number of benzene rings is 1. The van der Waals surface area contributed by atoms with Crippen molar-refractivity contribution in [3.05, 3.63) is 29.3 Å². The van der Waals surface area contributed by atoms with Gasteiger partial charge in [0.2, 0.25) is 0 Å². The Morgan fingerprint density at radius 3 is 2.84 bits per heavy atom. The largest absolute Gasteiger partial charge is 0.497 e. The number of hydrogen-bond acceptors (Lipinski definition) is 3. The van der Waals surface area contributed by atoms with E-state index in [4.69, 9.17) is 9.47 Å². The fourth-order valence-electron chi connectivity index (χ4n) is 3.54. The average Bonchev–Trinajstić information content (AvgIpc) is 3.06. The Morgan fingerprint density at radius 2 is 2.05 bits per heavy atom. The van der Waals surface area contributed by atoms with Gasteiger partial charge in [0.25, 0.3) is 0 Å². The molecule has 1 aromatic rings. The molecule has 1 aromatic carbocycles. The van der Waals surface area contributed by atoms with Gasteiger partial charge in [0.15, 0.2) is 0 Å². The molecule has 3 rings (SSSR count). The van der Waals surface area contributed by atoms with Gasteiger partial charge >= 0.3 is 0 Å². The second-order valence-corrected chi connectivity index (χ2v) is 5.63. The van der Waals surface area contributed by atoms with Crippen LogP contribution in [0.3, 0.4) is 0 Å². The van der Waals surface area contributed by atoms with E-state index >= 15 is 0 Å². The Hall–Kier alpha value is -1.06. The molecule has 0 radical (unpaired) electrons. The van der Waals surface area contributed by atoms with Gasteiger partial charge in [-0.15, -0.1) is 0 Å². The van der Waals surface area contributed by atoms with Gasteiger partial charge in [0.05, 0.1) is 13.2 Å². The number of nitrogens with one attached hydrogen (secondary N) is 1. The van der Waals surface area contributed by atoms with Crippen molar-refractivity contribution >= 4 is 0 Å². The van der Waals surface area contributed by atoms with E-state index in [1.54, 1.807) is 7.11 Å². The molecule has 3 unspecified atom stereocenters. The van der Waals surface area contributed by atoms with Crippen molar-refractivity contribution in [1.82, 2.24) is 5.32 Å². The first-order valence-electron chi connectivity index (χ1n) is 7.27. The Balaban J connectivity index is 1.74. The quantitative estimate of drug-likeness (QED) is 0.904. The summed E-state index contributed by atoms with van der Waals surface area (Å²) in [6.07, 6.45) is 6.43. The molecule has 3 atom stereocenters. The highest BCUT2D eigenvalue weighted by Crippen LogP contribution is 2.35. The summed E-state index contributed by atoms with van der Waals surface area (Å²) in [4.78, 5) is 0. The molecule has 0 bridgehead atoms. The summed E-state index contributed by atoms with van der Waals surface area (Å²) in [5.41, 5.74) is 2.88. The smallest absolute Gasteiger partial charge is 0.119 e. The SMILES string of the molecule is COc1ccc2c(c1)C(NC1CCCC1OC)CC2. The van der Waals surface area contributed by atoms with Crippen molar-refractivity contribution in [1.29, 1.82) is 0 Å². The zero-order valence-electron chi connectivity index (χ0n) is 11.8. The van der Waals surface area contributed by atoms with Gasteiger partial charge in [0.1, 0.15) is 5.75 Å². The van der Waals surface area contributed by atoms with Crippen LogP contribution >= 0.6 is 0 Å². The minimum atomic E-state index is 0.384. The van der Waals surface area contributed by atoms with Gasteiger partial charge in [-0.1, -0.05) is 6.07 Å². The fourth-order valence-corrected chi connectivity index (χ4v) is 3.54. The van der Waals surface area contributed by atoms with E-state index in [0.29, 0.717) is 18.2 Å². The third-order valence-electron chi connectivity index (χ3n) is 4.60. The monoisotopic (exact) mass is 261 g/mol. The molecule has 19 heavy (non-hydrogen) atoms. The highest BCUT2D eigenvalue weighted by molar-refractivity contribution is 5.40. The van der Waals surface area contributed by atoms with Gasteiger partial charge in [-0.25, -0.2) is 0 Å². The van der Waals surface area contributed by atoms with Crippen LogP contribution in [0.5, 0.6) is 5.75 Å². The van der Waals surface area contributed by atoms with Crippen LogP contribution in [0.2, 0.25) is 0 Å². The van der Waals surface area contributed by atoms with E-state index in [-0.39, 0.29) is 0 Å². The lowest BCUT2D eigenvalue weighted by Gasteiger charge is -2.24. The average molecular weight is 261 g/mol. The number of aryl methyl sites for hydroxylation is 1. The zero-order valence-corrected chi connectivity index (χ0v) is 11.8. The van der Waals surface area contributed by atoms with Crippen LogP contribution in [0.15, 0.2) is 18.2 Å². The number of rotatable bonds is 4. The molecule has 3 nitrogen and oxygen atoms in total. The van der Waals surface area contributed by atoms with E-state index < -0.39 is 0 Å². The molecule has 0 heterocycles. The molecule has 0 spiro atoms. The normalized spacial score (nSPS) is 29.5. The van der Waals surface area contributed by atoms with Gasteiger partial charge in [-0.05, 0) is 55.4 Å². The van der Waals surface area contributed by atoms with E-state index in [1.165, 1.54) is 43.2 Å². The maximum atomic E-state index is 5.58. The first-order valence-corrected chi connectivity index (χ1v) is 7.27. The lowest BCUT2D eigenvalue weighted by Crippen LogP contribution is -2.38. The Kier molecular flexibility index (Phi) is 3.76. The topological polar surface area (TPSA) is 30.5 Å². The summed E-state index contributed by atoms with van der Waals surface area (Å²) >= 11 is 0. The lowest BCUT2D eigenvalue weighted by atomic mass is 10.1. The summed E-state index contributed by atoms with van der Waals surface area (Å²) in [5, 5.41) is 3.81. The minimum Gasteiger partial charge on any atom is -0.497 e. The van der Waals surface area contributed by atoms with E-state index in [2.05, 4.69) is 23.5 Å². The summed E-state index contributed by atoms with van der Waals surface area (Å²) in [5.74, 6) is 0.960. The van der Waals surface area contributed by atoms with Crippen LogP contribution < -0.4 is 10.1 Å². The highest BCUT2D eigenvalue weighted by Gasteiger charge is 2.31. The molecule has 1 fully saturated rings. The molecule has 0 saturated heterocycles. The maximum absolute atomic E-state index is 5.58. The summed E-state index contributed by atoms with van der Waals surface area (Å²) in [6.45, 7) is 0. The van der Waals surface area contributed by atoms with Gasteiger partial charge in [-0.2, -0.15) is 0 Å². The van der Waals surface area contributed by atoms with E-state index in [0.717, 1.165) is 5.75 Å². The van der Waals surface area contributed by atoms with Crippen LogP contribution in [0.25, 0.3) is 0 Å². The van der Waals surface area contributed by atoms with Gasteiger partial charge < -0.3 is 14.8 Å². The van der Waals surface area contributed by atoms with Gasteiger partial charge in [0, 0.05) is 19.2 Å². The van der Waals surface area contributed by atoms with Crippen molar-refractivity contribution in [3.8, 4) is 5.75 Å². The molecular weight excluding hydrogens is 238 g/mol. The molecule has 2 aliphatic carbocycles. The third-order valence-corrected chi connectivity index (χ3v) is 4.60. The summed E-state index contributed by atoms with van der Waals surface area (Å²) < 4.78 is 10.9. The molecule has 0 aromatic heterocycles. The molecular formula is C16H23NO2. The minimum absolute atomic E-state index is 0.384. The fraction of sp³-hybridized carbons (Fsp3) is 0.625. The number of ether oxygens (including phenoxy) is 2. The highest BCUT2D eigenvalue weighted by atomic mass is 16.5. The van der Waals surface area contributed by atoms with Crippen LogP contribution in [0.4, 0.5) is 0 Å². The van der Waals surface area contributed by atoms with Crippen molar-refractivity contribution in [2.24, 2.45) is 0 Å². The third kappa shape index (κ3) is 2.49. The first kappa shape index (κ1) is 12.9. The second-order valence-electron chi connectivity index (χ2n) is 5.63. The molecule has 1 N–H and O–H groups in total. The Labute approximate surface area is 115 Å². The zero-order chi connectivity index (χ0) is 13.2. The molecule has 1 saturated carbocycles. The van der Waals surface area contributed by atoms with Crippen molar-refractivity contribution < 1.29 is 9.47 Å². The molecule has 104 valence electrons. The van der Waals surface area contributed by atoms with Crippen molar-refractivity contribution in [2.75, 3.05) is 14.2 Å². The van der Waals surface area contributed by atoms with Crippen molar-refractivity contribution in [3.63, 3.8) is 0 Å². The number of fused-ring (bicyclic) bond motifs is 1. The Morgan fingerprint density at radius 1 is 1.16 bits per heavy atom. The van der Waals surface area contributed by atoms with Crippen LogP contribution in [0.1, 0.15) is 42.9 Å². The van der Waals surface area contributed by atoms with Gasteiger partial charge in [-0.3, -0.25) is 0 Å². The second kappa shape index (κ2) is 5.51. The number of hydrogen-bond donors (Lipinski definition) is 1. The van der Waals surface area contributed by atoms with E-state index in [1.807, 2.05) is 7.11 Å². The van der Waals surface area contributed by atoms with E-state index in [9.17, 15) is 0 Å². The van der Waals surface area contributed by atoms with Crippen LogP contribution in [0, 0.1) is 0 Å². The molecule has 3 heteroatoms. The predicted octanol–water partition coefficient (Wildman–Crippen LogP) is 2.84. The maximum Gasteiger partial charge on any atom is 0.119 e. The molecule has 2 aliphatic rings. The lowest BCUT2D eigenvalue weighted by molar-refractivity contribution is 0.0812. The standard InChI is InChI=1S/C16H23NO2/c1-18-12-8-6-11-7-9-14(13(11)10-12)17-15-4-3-5-16(15)19-2/h6,8,10,14-17H,3-5,7,9H2,1-2H3. The van der Waals surface area contributed by atoms with Crippen molar-refractivity contribution in [2.45, 2.75) is 50.3 Å². The van der Waals surface area contributed by atoms with Crippen LogP contribution in [-0.2, 0) is 11.2 Å². The Bertz CT molecular complexity index is 446.